The second kappa shape index (κ2) is 7.60. The lowest BCUT2D eigenvalue weighted by molar-refractivity contribution is -0.0672. The molecule has 0 unspecified atom stereocenters. The van der Waals surface area contributed by atoms with Crippen LogP contribution in [-0.4, -0.2) is 24.2 Å². The third-order valence-corrected chi connectivity index (χ3v) is 7.94. The van der Waals surface area contributed by atoms with Gasteiger partial charge in [0.25, 0.3) is 5.91 Å². The molecule has 4 aliphatic rings. The van der Waals surface area contributed by atoms with Crippen molar-refractivity contribution in [1.82, 2.24) is 10.6 Å². The van der Waals surface area contributed by atoms with Crippen LogP contribution in [0.25, 0.3) is 0 Å². The summed E-state index contributed by atoms with van der Waals surface area (Å²) >= 11 is 8.97. The molecule has 1 amide bonds. The molecule has 0 aromatic heterocycles. The van der Waals surface area contributed by atoms with Crippen LogP contribution in [0.2, 0.25) is 0 Å². The van der Waals surface area contributed by atoms with E-state index in [1.807, 2.05) is 13.0 Å². The molecule has 1 aromatic carbocycles. The summed E-state index contributed by atoms with van der Waals surface area (Å²) in [5.41, 5.74) is 1.73. The third kappa shape index (κ3) is 3.70. The Morgan fingerprint density at radius 2 is 1.79 bits per heavy atom. The minimum atomic E-state index is -0.239. The molecule has 4 saturated carbocycles. The van der Waals surface area contributed by atoms with Crippen molar-refractivity contribution >= 4 is 39.2 Å². The number of carbonyl (C=O) groups is 1. The van der Waals surface area contributed by atoms with E-state index in [4.69, 9.17) is 17.0 Å². The predicted octanol–water partition coefficient (Wildman–Crippen LogP) is 4.98. The molecule has 0 saturated heterocycles. The number of thiocarbonyl (C=S) groups is 1. The molecule has 0 radical (unpaired) electrons. The van der Waals surface area contributed by atoms with E-state index in [0.717, 1.165) is 27.8 Å². The molecule has 152 valence electrons. The van der Waals surface area contributed by atoms with Crippen molar-refractivity contribution < 1.29 is 9.53 Å². The average molecular weight is 465 g/mol. The Bertz CT molecular complexity index is 775. The summed E-state index contributed by atoms with van der Waals surface area (Å²) < 4.78 is 6.28. The van der Waals surface area contributed by atoms with Gasteiger partial charge in [-0.05, 0) is 105 Å². The van der Waals surface area contributed by atoms with Gasteiger partial charge in [-0.1, -0.05) is 15.9 Å². The largest absolute Gasteiger partial charge is 0.496 e. The molecule has 0 heterocycles. The molecule has 6 heteroatoms. The average Bonchev–Trinajstić information content (AvgIpc) is 2.59. The van der Waals surface area contributed by atoms with Gasteiger partial charge < -0.3 is 10.1 Å². The molecule has 0 spiro atoms. The van der Waals surface area contributed by atoms with E-state index >= 15 is 0 Å². The van der Waals surface area contributed by atoms with Crippen LogP contribution in [-0.2, 0) is 0 Å². The number of hydrogen-bond donors (Lipinski definition) is 2. The number of nitrogens with one attached hydrogen (secondary N) is 2. The quantitative estimate of drug-likeness (QED) is 0.617. The Balaban J connectivity index is 1.43. The Morgan fingerprint density at radius 1 is 1.21 bits per heavy atom. The first-order chi connectivity index (χ1) is 13.3. The number of amides is 1. The second-order valence-electron chi connectivity index (χ2n) is 9.23. The van der Waals surface area contributed by atoms with Gasteiger partial charge in [0.05, 0.1) is 12.7 Å². The number of aryl methyl sites for hydroxylation is 1. The summed E-state index contributed by atoms with van der Waals surface area (Å²) in [6.45, 7) is 4.17. The summed E-state index contributed by atoms with van der Waals surface area (Å²) in [4.78, 5) is 12.8. The van der Waals surface area contributed by atoms with Crippen LogP contribution >= 0.6 is 28.1 Å². The summed E-state index contributed by atoms with van der Waals surface area (Å²) in [6, 6.07) is 3.98. The normalized spacial score (nSPS) is 31.4. The zero-order valence-corrected chi connectivity index (χ0v) is 19.2. The van der Waals surface area contributed by atoms with Gasteiger partial charge in [0.1, 0.15) is 5.75 Å². The molecule has 4 fully saturated rings. The molecule has 5 rings (SSSR count). The van der Waals surface area contributed by atoms with Crippen molar-refractivity contribution in [1.29, 1.82) is 0 Å². The van der Waals surface area contributed by atoms with Crippen LogP contribution in [0, 0.1) is 30.1 Å². The Labute approximate surface area is 181 Å². The first-order valence-corrected chi connectivity index (χ1v) is 11.5. The van der Waals surface area contributed by atoms with Crippen LogP contribution in [0.3, 0.4) is 0 Å². The second-order valence-corrected chi connectivity index (χ2v) is 10.6. The van der Waals surface area contributed by atoms with Gasteiger partial charge in [0.2, 0.25) is 0 Å². The number of carbonyl (C=O) groups excluding carboxylic acids is 1. The minimum Gasteiger partial charge on any atom is -0.496 e. The Hall–Kier alpha value is -1.14. The monoisotopic (exact) mass is 464 g/mol. The fourth-order valence-corrected chi connectivity index (χ4v) is 7.28. The maximum absolute atomic E-state index is 12.8. The van der Waals surface area contributed by atoms with Crippen LogP contribution in [0.4, 0.5) is 0 Å². The highest BCUT2D eigenvalue weighted by molar-refractivity contribution is 9.10. The summed E-state index contributed by atoms with van der Waals surface area (Å²) in [5, 5.41) is 6.73. The smallest absolute Gasteiger partial charge is 0.261 e. The maximum Gasteiger partial charge on any atom is 0.261 e. The molecule has 4 nitrogen and oxygen atoms in total. The van der Waals surface area contributed by atoms with E-state index in [-0.39, 0.29) is 11.9 Å². The van der Waals surface area contributed by atoms with E-state index in [9.17, 15) is 4.79 Å². The first kappa shape index (κ1) is 20.1. The zero-order valence-electron chi connectivity index (χ0n) is 16.8. The molecular formula is C22H29BrN2O2S. The molecule has 4 bridgehead atoms. The number of halogens is 1. The molecule has 28 heavy (non-hydrogen) atoms. The Morgan fingerprint density at radius 3 is 2.32 bits per heavy atom. The lowest BCUT2D eigenvalue weighted by atomic mass is 9.48. The highest BCUT2D eigenvalue weighted by Gasteiger charge is 2.53. The van der Waals surface area contributed by atoms with Crippen LogP contribution in [0.1, 0.15) is 61.4 Å². The van der Waals surface area contributed by atoms with E-state index < -0.39 is 0 Å². The highest BCUT2D eigenvalue weighted by Crippen LogP contribution is 2.61. The van der Waals surface area contributed by atoms with Gasteiger partial charge in [0, 0.05) is 10.5 Å². The summed E-state index contributed by atoms with van der Waals surface area (Å²) in [5.74, 6) is 3.03. The predicted molar refractivity (Wildman–Crippen MR) is 119 cm³/mol. The maximum atomic E-state index is 12.8. The van der Waals surface area contributed by atoms with Crippen molar-refractivity contribution in [3.05, 3.63) is 27.7 Å². The van der Waals surface area contributed by atoms with Crippen LogP contribution in [0.5, 0.6) is 5.75 Å². The van der Waals surface area contributed by atoms with Gasteiger partial charge in [-0.2, -0.15) is 0 Å². The molecule has 4 aliphatic carbocycles. The molecule has 2 N–H and O–H groups in total. The third-order valence-electron chi connectivity index (χ3n) is 7.27. The highest BCUT2D eigenvalue weighted by atomic mass is 79.9. The van der Waals surface area contributed by atoms with Gasteiger partial charge in [-0.15, -0.1) is 0 Å². The van der Waals surface area contributed by atoms with Crippen LogP contribution < -0.4 is 15.4 Å². The molecular weight excluding hydrogens is 436 g/mol. The lowest BCUT2D eigenvalue weighted by Crippen LogP contribution is -2.57. The van der Waals surface area contributed by atoms with Crippen LogP contribution in [0.15, 0.2) is 16.6 Å². The number of hydrogen-bond acceptors (Lipinski definition) is 3. The van der Waals surface area contributed by atoms with Crippen molar-refractivity contribution in [2.24, 2.45) is 23.2 Å². The fourth-order valence-electron chi connectivity index (χ4n) is 6.43. The van der Waals surface area contributed by atoms with Gasteiger partial charge in [0.15, 0.2) is 5.11 Å². The molecule has 1 atom stereocenters. The van der Waals surface area contributed by atoms with Crippen molar-refractivity contribution in [3.63, 3.8) is 0 Å². The molecule has 1 aromatic rings. The zero-order chi connectivity index (χ0) is 20.1. The number of ether oxygens (including phenoxy) is 1. The van der Waals surface area contributed by atoms with Gasteiger partial charge in [-0.3, -0.25) is 10.1 Å². The van der Waals surface area contributed by atoms with Crippen molar-refractivity contribution in [2.75, 3.05) is 7.11 Å². The van der Waals surface area contributed by atoms with Crippen molar-refractivity contribution in [3.8, 4) is 5.75 Å². The lowest BCUT2D eigenvalue weighted by Gasteiger charge is -2.59. The van der Waals surface area contributed by atoms with E-state index in [2.05, 4.69) is 33.5 Å². The van der Waals surface area contributed by atoms with E-state index in [0.29, 0.717) is 21.8 Å². The van der Waals surface area contributed by atoms with E-state index in [1.165, 1.54) is 38.5 Å². The standard InChI is InChI=1S/C22H29BrN2O2S/c1-12-4-17(23)8-18(19(12)27-3)20(26)25-21(28)24-13(2)22-9-14-5-15(10-22)7-16(6-14)11-22/h4,8,13-16H,5-7,9-11H2,1-3H3,(H2,24,25,26,28)/t13-,14?,15?,16?,22?/m1/s1. The van der Waals surface area contributed by atoms with E-state index in [1.54, 1.807) is 13.2 Å². The number of rotatable bonds is 4. The topological polar surface area (TPSA) is 50.4 Å². The summed E-state index contributed by atoms with van der Waals surface area (Å²) in [6.07, 6.45) is 8.20. The fraction of sp³-hybridized carbons (Fsp3) is 0.636. The van der Waals surface area contributed by atoms with Gasteiger partial charge >= 0.3 is 0 Å². The SMILES string of the molecule is COc1c(C)cc(Br)cc1C(=O)NC(=S)N[C@H](C)C12CC3CC(CC(C3)C1)C2. The van der Waals surface area contributed by atoms with Crippen molar-refractivity contribution in [2.45, 2.75) is 58.4 Å². The molecule has 0 aliphatic heterocycles. The minimum absolute atomic E-state index is 0.239. The number of benzene rings is 1. The Kier molecular flexibility index (Phi) is 5.47. The summed E-state index contributed by atoms with van der Waals surface area (Å²) in [7, 11) is 1.58. The van der Waals surface area contributed by atoms with Gasteiger partial charge in [-0.25, -0.2) is 0 Å². The first-order valence-electron chi connectivity index (χ1n) is 10.3. The number of methoxy groups -OCH3 is 1.